The maximum atomic E-state index is 12.5. The zero-order valence-corrected chi connectivity index (χ0v) is 12.6. The van der Waals surface area contributed by atoms with Gasteiger partial charge in [-0.15, -0.1) is 0 Å². The van der Waals surface area contributed by atoms with Gasteiger partial charge in [0.2, 0.25) is 0 Å². The summed E-state index contributed by atoms with van der Waals surface area (Å²) in [4.78, 5) is 36.8. The third-order valence-corrected chi connectivity index (χ3v) is 4.18. The van der Waals surface area contributed by atoms with Crippen LogP contribution < -0.4 is 0 Å². The van der Waals surface area contributed by atoms with Gasteiger partial charge in [-0.3, -0.25) is 14.4 Å². The van der Waals surface area contributed by atoms with Crippen LogP contribution in [-0.2, 0) is 19.1 Å². The second-order valence-electron chi connectivity index (χ2n) is 6.16. The van der Waals surface area contributed by atoms with Gasteiger partial charge in [0.1, 0.15) is 11.7 Å². The zero-order chi connectivity index (χ0) is 14.9. The molecule has 0 N–H and O–H groups in total. The lowest BCUT2D eigenvalue weighted by Gasteiger charge is -2.39. The number of hydrogen-bond donors (Lipinski definition) is 0. The summed E-state index contributed by atoms with van der Waals surface area (Å²) in [7, 11) is 1.29. The smallest absolute Gasteiger partial charge is 0.316 e. The number of ketones is 2. The van der Waals surface area contributed by atoms with Gasteiger partial charge in [0.15, 0.2) is 5.78 Å². The van der Waals surface area contributed by atoms with E-state index in [0.717, 1.165) is 0 Å². The van der Waals surface area contributed by atoms with Crippen molar-refractivity contribution < 1.29 is 19.1 Å². The molecule has 4 unspecified atom stereocenters. The molecule has 0 radical (unpaired) electrons. The van der Waals surface area contributed by atoms with Crippen LogP contribution in [0, 0.1) is 35.5 Å². The quantitative estimate of drug-likeness (QED) is 0.581. The topological polar surface area (TPSA) is 60.4 Å². The molecule has 1 saturated carbocycles. The van der Waals surface area contributed by atoms with Crippen molar-refractivity contribution in [2.75, 3.05) is 7.11 Å². The molecule has 1 aliphatic rings. The number of Topliss-reactive ketones (excluding diaryl/α,β-unsaturated/α-hetero) is 2. The number of ether oxygens (including phenoxy) is 1. The maximum Gasteiger partial charge on any atom is 0.316 e. The molecule has 0 heterocycles. The van der Waals surface area contributed by atoms with Crippen LogP contribution in [0.5, 0.6) is 0 Å². The van der Waals surface area contributed by atoms with Crippen LogP contribution in [-0.4, -0.2) is 24.6 Å². The third-order valence-electron chi connectivity index (χ3n) is 4.18. The number of hydrogen-bond acceptors (Lipinski definition) is 4. The van der Waals surface area contributed by atoms with Crippen molar-refractivity contribution in [3.63, 3.8) is 0 Å². The molecule has 0 saturated heterocycles. The standard InChI is InChI=1S/C15H24O4/c1-7(2)10-9(5)12(15(18)19-6)14(17)11(8(3)4)13(10)16/h7-12H,1-6H3. The van der Waals surface area contributed by atoms with Crippen LogP contribution in [0.15, 0.2) is 0 Å². The summed E-state index contributed by atoms with van der Waals surface area (Å²) in [5.41, 5.74) is 0. The molecule has 1 fully saturated rings. The third kappa shape index (κ3) is 2.72. The molecule has 108 valence electrons. The van der Waals surface area contributed by atoms with E-state index in [1.54, 1.807) is 6.92 Å². The highest BCUT2D eigenvalue weighted by Crippen LogP contribution is 2.40. The summed E-state index contributed by atoms with van der Waals surface area (Å²) in [6.07, 6.45) is 0. The summed E-state index contributed by atoms with van der Waals surface area (Å²) < 4.78 is 4.75. The van der Waals surface area contributed by atoms with E-state index < -0.39 is 17.8 Å². The van der Waals surface area contributed by atoms with E-state index in [2.05, 4.69) is 0 Å². The van der Waals surface area contributed by atoms with Gasteiger partial charge in [0.25, 0.3) is 0 Å². The first-order valence-electron chi connectivity index (χ1n) is 6.89. The van der Waals surface area contributed by atoms with Crippen molar-refractivity contribution in [3.05, 3.63) is 0 Å². The molecule has 0 aromatic rings. The molecule has 0 bridgehead atoms. The second-order valence-corrected chi connectivity index (χ2v) is 6.16. The first-order valence-corrected chi connectivity index (χ1v) is 6.89. The lowest BCUT2D eigenvalue weighted by Crippen LogP contribution is -2.52. The molecular formula is C15H24O4. The van der Waals surface area contributed by atoms with Gasteiger partial charge in [-0.05, 0) is 17.8 Å². The highest BCUT2D eigenvalue weighted by Gasteiger charge is 2.52. The minimum absolute atomic E-state index is 0.0114. The van der Waals surface area contributed by atoms with Crippen molar-refractivity contribution in [3.8, 4) is 0 Å². The highest BCUT2D eigenvalue weighted by molar-refractivity contribution is 6.13. The summed E-state index contributed by atoms with van der Waals surface area (Å²) in [5.74, 6) is -2.78. The molecular weight excluding hydrogens is 244 g/mol. The van der Waals surface area contributed by atoms with Crippen molar-refractivity contribution in [2.45, 2.75) is 34.6 Å². The Morgan fingerprint density at radius 2 is 1.58 bits per heavy atom. The van der Waals surface area contributed by atoms with Gasteiger partial charge in [-0.1, -0.05) is 34.6 Å². The number of esters is 1. The van der Waals surface area contributed by atoms with Crippen molar-refractivity contribution in [2.24, 2.45) is 35.5 Å². The Balaban J connectivity index is 3.23. The first kappa shape index (κ1) is 15.9. The van der Waals surface area contributed by atoms with Gasteiger partial charge in [-0.25, -0.2) is 0 Å². The van der Waals surface area contributed by atoms with E-state index in [4.69, 9.17) is 4.74 Å². The molecule has 1 rings (SSSR count). The van der Waals surface area contributed by atoms with E-state index in [0.29, 0.717) is 0 Å². The minimum atomic E-state index is -0.803. The number of rotatable bonds is 3. The van der Waals surface area contributed by atoms with Gasteiger partial charge < -0.3 is 4.74 Å². The Hall–Kier alpha value is -1.19. The van der Waals surface area contributed by atoms with Gasteiger partial charge in [-0.2, -0.15) is 0 Å². The van der Waals surface area contributed by atoms with Crippen LogP contribution in [0.4, 0.5) is 0 Å². The van der Waals surface area contributed by atoms with Gasteiger partial charge >= 0.3 is 5.97 Å². The molecule has 4 atom stereocenters. The Labute approximate surface area is 114 Å². The van der Waals surface area contributed by atoms with E-state index >= 15 is 0 Å². The summed E-state index contributed by atoms with van der Waals surface area (Å²) in [5, 5.41) is 0. The van der Waals surface area contributed by atoms with Crippen LogP contribution in [0.25, 0.3) is 0 Å². The molecule has 4 heteroatoms. The molecule has 0 aromatic heterocycles. The average molecular weight is 268 g/mol. The Bertz CT molecular complexity index is 384. The van der Waals surface area contributed by atoms with Crippen LogP contribution >= 0.6 is 0 Å². The number of methoxy groups -OCH3 is 1. The predicted molar refractivity (Wildman–Crippen MR) is 71.3 cm³/mol. The highest BCUT2D eigenvalue weighted by atomic mass is 16.5. The molecule has 0 spiro atoms. The second kappa shape index (κ2) is 5.85. The average Bonchev–Trinajstić information content (AvgIpc) is 2.26. The molecule has 0 aromatic carbocycles. The van der Waals surface area contributed by atoms with Crippen LogP contribution in [0.1, 0.15) is 34.6 Å². The molecule has 4 nitrogen and oxygen atoms in total. The zero-order valence-electron chi connectivity index (χ0n) is 12.6. The Morgan fingerprint density at radius 3 is 1.95 bits per heavy atom. The maximum absolute atomic E-state index is 12.5. The lowest BCUT2D eigenvalue weighted by molar-refractivity contribution is -0.161. The molecule has 19 heavy (non-hydrogen) atoms. The number of carbonyl (C=O) groups excluding carboxylic acids is 3. The van der Waals surface area contributed by atoms with E-state index in [1.807, 2.05) is 27.7 Å². The van der Waals surface area contributed by atoms with Gasteiger partial charge in [0, 0.05) is 5.92 Å². The normalized spacial score (nSPS) is 32.0. The largest absolute Gasteiger partial charge is 0.468 e. The van der Waals surface area contributed by atoms with E-state index in [9.17, 15) is 14.4 Å². The number of carbonyl (C=O) groups is 3. The fourth-order valence-electron chi connectivity index (χ4n) is 3.32. The van der Waals surface area contributed by atoms with Crippen LogP contribution in [0.3, 0.4) is 0 Å². The SMILES string of the molecule is COC(=O)C1C(=O)C(C(C)C)C(=O)C(C(C)C)C1C. The summed E-state index contributed by atoms with van der Waals surface area (Å²) >= 11 is 0. The first-order chi connectivity index (χ1) is 8.73. The Morgan fingerprint density at radius 1 is 1.05 bits per heavy atom. The van der Waals surface area contributed by atoms with E-state index in [1.165, 1.54) is 7.11 Å². The van der Waals surface area contributed by atoms with Crippen molar-refractivity contribution >= 4 is 17.5 Å². The van der Waals surface area contributed by atoms with Crippen molar-refractivity contribution in [1.29, 1.82) is 0 Å². The molecule has 0 amide bonds. The monoisotopic (exact) mass is 268 g/mol. The molecule has 1 aliphatic carbocycles. The minimum Gasteiger partial charge on any atom is -0.468 e. The summed E-state index contributed by atoms with van der Waals surface area (Å²) in [6, 6.07) is 0. The predicted octanol–water partition coefficient (Wildman–Crippen LogP) is 2.11. The fourth-order valence-corrected chi connectivity index (χ4v) is 3.32. The summed E-state index contributed by atoms with van der Waals surface area (Å²) in [6.45, 7) is 9.42. The Kier molecular flexibility index (Phi) is 4.88. The van der Waals surface area contributed by atoms with E-state index in [-0.39, 0.29) is 35.2 Å². The molecule has 0 aliphatic heterocycles. The lowest BCUT2D eigenvalue weighted by atomic mass is 9.61. The van der Waals surface area contributed by atoms with Crippen molar-refractivity contribution in [1.82, 2.24) is 0 Å². The van der Waals surface area contributed by atoms with Gasteiger partial charge in [0.05, 0.1) is 13.0 Å². The van der Waals surface area contributed by atoms with Crippen LogP contribution in [0.2, 0.25) is 0 Å². The fraction of sp³-hybridized carbons (Fsp3) is 0.800.